The topological polar surface area (TPSA) is 0 Å². The minimum atomic E-state index is 0. The van der Waals surface area contributed by atoms with Gasteiger partial charge in [0.05, 0.1) is 0 Å². The molecule has 0 fully saturated rings. The number of hydrogen-bond donors (Lipinski definition) is 0. The number of aryl methyl sites for hydroxylation is 1. The Bertz CT molecular complexity index is 865. The van der Waals surface area contributed by atoms with Gasteiger partial charge in [-0.25, -0.2) is 12.1 Å². The summed E-state index contributed by atoms with van der Waals surface area (Å²) in [6, 6.07) is 23.4. The van der Waals surface area contributed by atoms with E-state index < -0.39 is 0 Å². The smallest absolute Gasteiger partial charge is 1.00 e. The predicted octanol–water partition coefficient (Wildman–Crippen LogP) is 1.37. The van der Waals surface area contributed by atoms with E-state index >= 15 is 0 Å². The Kier molecular flexibility index (Phi) is 10.9. The first-order chi connectivity index (χ1) is 12.6. The van der Waals surface area contributed by atoms with E-state index in [-0.39, 0.29) is 61.8 Å². The van der Waals surface area contributed by atoms with E-state index in [1.807, 2.05) is 12.1 Å². The number of fused-ring (bicyclic) bond motifs is 3. The molecule has 3 aromatic rings. The standard InChI is InChI=1S/C21H25.C6H7.2ClH.Zr/c1-20(2,3)16-7-9-18-14(12-16)11-15-13-17(21(4,5)6)8-10-19(15)18;1-6-4-2-3-5-6;;;/h7-10,12H,11H2,1-6H3;2-5H,1H3;2*1H;/q2*-1;;;+4/p-2. The fraction of sp³-hybridized carbons (Fsp3) is 0.370. The molecular formula is C27H32Cl2Zr. The van der Waals surface area contributed by atoms with Crippen molar-refractivity contribution in [2.75, 3.05) is 0 Å². The van der Waals surface area contributed by atoms with E-state index in [9.17, 15) is 0 Å². The molecule has 0 spiro atoms. The Hall–Kier alpha value is -0.747. The fourth-order valence-electron chi connectivity index (χ4n) is 3.50. The van der Waals surface area contributed by atoms with Crippen LogP contribution < -0.4 is 24.8 Å². The molecule has 3 heteroatoms. The van der Waals surface area contributed by atoms with Gasteiger partial charge in [0.15, 0.2) is 0 Å². The molecule has 0 atom stereocenters. The molecule has 0 amide bonds. The summed E-state index contributed by atoms with van der Waals surface area (Å²) >= 11 is 0. The van der Waals surface area contributed by atoms with Gasteiger partial charge < -0.3 is 24.8 Å². The van der Waals surface area contributed by atoms with Crippen molar-refractivity contribution in [3.63, 3.8) is 0 Å². The molecule has 0 N–H and O–H groups in total. The summed E-state index contributed by atoms with van der Waals surface area (Å²) in [5.41, 5.74) is 10.0. The number of halogens is 2. The van der Waals surface area contributed by atoms with Gasteiger partial charge in [-0.05, 0) is 28.4 Å². The van der Waals surface area contributed by atoms with Crippen molar-refractivity contribution in [2.24, 2.45) is 0 Å². The van der Waals surface area contributed by atoms with E-state index in [0.29, 0.717) is 0 Å². The van der Waals surface area contributed by atoms with E-state index in [0.717, 1.165) is 6.42 Å². The van der Waals surface area contributed by atoms with Gasteiger partial charge in [-0.1, -0.05) is 72.2 Å². The van der Waals surface area contributed by atoms with Gasteiger partial charge >= 0.3 is 26.2 Å². The molecule has 30 heavy (non-hydrogen) atoms. The van der Waals surface area contributed by atoms with Crippen molar-refractivity contribution >= 4 is 0 Å². The zero-order chi connectivity index (χ0) is 19.8. The third kappa shape index (κ3) is 6.88. The van der Waals surface area contributed by atoms with Gasteiger partial charge in [0.25, 0.3) is 0 Å². The van der Waals surface area contributed by atoms with Crippen LogP contribution in [0.15, 0.2) is 54.6 Å². The molecule has 0 unspecified atom stereocenters. The molecule has 0 aliphatic heterocycles. The summed E-state index contributed by atoms with van der Waals surface area (Å²) in [5.74, 6) is 0. The Morgan fingerprint density at radius 1 is 0.800 bits per heavy atom. The second-order valence-electron chi connectivity index (χ2n) is 9.78. The summed E-state index contributed by atoms with van der Waals surface area (Å²) in [5, 5.41) is 0. The van der Waals surface area contributed by atoms with Gasteiger partial charge in [0.2, 0.25) is 0 Å². The maximum Gasteiger partial charge on any atom is 4.00 e. The van der Waals surface area contributed by atoms with Crippen LogP contribution in [-0.4, -0.2) is 0 Å². The quantitative estimate of drug-likeness (QED) is 0.309. The first-order valence-electron chi connectivity index (χ1n) is 9.93. The van der Waals surface area contributed by atoms with Crippen molar-refractivity contribution < 1.29 is 51.0 Å². The molecular weight excluding hydrogens is 486 g/mol. The first kappa shape index (κ1) is 29.3. The van der Waals surface area contributed by atoms with Gasteiger partial charge in [0.1, 0.15) is 0 Å². The SMILES string of the molecule is CC(C)(C)c1[c-]c2c(cc1)-c1ccc(C(C)(C)C)cc1C2.C[c-]1cccc1.[Cl-].[Cl-].[Zr+4]. The second kappa shape index (κ2) is 11.2. The second-order valence-corrected chi connectivity index (χ2v) is 9.78. The minimum Gasteiger partial charge on any atom is -1.00 e. The Labute approximate surface area is 215 Å². The van der Waals surface area contributed by atoms with E-state index in [1.54, 1.807) is 0 Å². The number of rotatable bonds is 0. The van der Waals surface area contributed by atoms with Crippen LogP contribution in [-0.2, 0) is 43.5 Å². The molecule has 4 rings (SSSR count). The van der Waals surface area contributed by atoms with Gasteiger partial charge in [-0.2, -0.15) is 41.5 Å². The van der Waals surface area contributed by atoms with Crippen LogP contribution in [0, 0.1) is 13.0 Å². The molecule has 0 saturated heterocycles. The molecule has 158 valence electrons. The zero-order valence-electron chi connectivity index (χ0n) is 19.2. The summed E-state index contributed by atoms with van der Waals surface area (Å²) in [6.45, 7) is 15.7. The Balaban J connectivity index is 0.000000814. The van der Waals surface area contributed by atoms with Crippen LogP contribution in [0.1, 0.15) is 69.4 Å². The van der Waals surface area contributed by atoms with E-state index in [2.05, 4.69) is 97.0 Å². The molecule has 0 radical (unpaired) electrons. The Morgan fingerprint density at radius 2 is 1.37 bits per heavy atom. The van der Waals surface area contributed by atoms with Crippen molar-refractivity contribution in [1.82, 2.24) is 0 Å². The molecule has 0 heterocycles. The van der Waals surface area contributed by atoms with Crippen LogP contribution >= 0.6 is 0 Å². The molecule has 1 aliphatic carbocycles. The third-order valence-corrected chi connectivity index (χ3v) is 5.29. The summed E-state index contributed by atoms with van der Waals surface area (Å²) in [7, 11) is 0. The van der Waals surface area contributed by atoms with Gasteiger partial charge in [-0.3, -0.25) is 0 Å². The average Bonchev–Trinajstić information content (AvgIpc) is 3.18. The van der Waals surface area contributed by atoms with Crippen molar-refractivity contribution in [3.05, 3.63) is 88.5 Å². The van der Waals surface area contributed by atoms with Crippen LogP contribution in [0.2, 0.25) is 0 Å². The number of hydrogen-bond acceptors (Lipinski definition) is 0. The van der Waals surface area contributed by atoms with Gasteiger partial charge in [-0.15, -0.1) is 11.1 Å². The fourth-order valence-corrected chi connectivity index (χ4v) is 3.50. The monoisotopic (exact) mass is 516 g/mol. The van der Waals surface area contributed by atoms with Crippen LogP contribution in [0.5, 0.6) is 0 Å². The molecule has 3 aromatic carbocycles. The molecule has 0 saturated carbocycles. The van der Waals surface area contributed by atoms with Crippen molar-refractivity contribution in [1.29, 1.82) is 0 Å². The maximum absolute atomic E-state index is 3.67. The largest absolute Gasteiger partial charge is 4.00 e. The average molecular weight is 519 g/mol. The molecule has 0 bridgehead atoms. The van der Waals surface area contributed by atoms with Crippen LogP contribution in [0.4, 0.5) is 0 Å². The third-order valence-electron chi connectivity index (χ3n) is 5.29. The minimum absolute atomic E-state index is 0. The van der Waals surface area contributed by atoms with E-state index in [1.165, 1.54) is 38.9 Å². The maximum atomic E-state index is 3.67. The van der Waals surface area contributed by atoms with Crippen molar-refractivity contribution in [3.8, 4) is 11.1 Å². The van der Waals surface area contributed by atoms with Crippen molar-refractivity contribution in [2.45, 2.75) is 65.7 Å². The van der Waals surface area contributed by atoms with E-state index in [4.69, 9.17) is 0 Å². The molecule has 0 nitrogen and oxygen atoms in total. The zero-order valence-corrected chi connectivity index (χ0v) is 23.1. The number of benzene rings is 2. The summed E-state index contributed by atoms with van der Waals surface area (Å²) in [4.78, 5) is 0. The Morgan fingerprint density at radius 3 is 1.83 bits per heavy atom. The van der Waals surface area contributed by atoms with Crippen LogP contribution in [0.3, 0.4) is 0 Å². The molecule has 0 aromatic heterocycles. The molecule has 1 aliphatic rings. The van der Waals surface area contributed by atoms with Gasteiger partial charge in [0, 0.05) is 0 Å². The van der Waals surface area contributed by atoms with Crippen LogP contribution in [0.25, 0.3) is 11.1 Å². The summed E-state index contributed by atoms with van der Waals surface area (Å²) in [6.07, 6.45) is 1.03. The normalized spacial score (nSPS) is 11.6. The first-order valence-corrected chi connectivity index (χ1v) is 9.93. The predicted molar refractivity (Wildman–Crippen MR) is 118 cm³/mol. The summed E-state index contributed by atoms with van der Waals surface area (Å²) < 4.78 is 0.